The Balaban J connectivity index is 2.64. The molecule has 0 radical (unpaired) electrons. The molecular weight excluding hydrogens is 298 g/mol. The van der Waals surface area contributed by atoms with Gasteiger partial charge in [-0.25, -0.2) is 0 Å². The second-order valence-corrected chi connectivity index (χ2v) is 5.52. The van der Waals surface area contributed by atoms with Crippen LogP contribution >= 0.6 is 24.0 Å². The van der Waals surface area contributed by atoms with E-state index < -0.39 is 0 Å². The van der Waals surface area contributed by atoms with Crippen LogP contribution in [0.2, 0.25) is 0 Å². The lowest BCUT2D eigenvalue weighted by molar-refractivity contribution is -0.113. The normalized spacial score (nSPS) is 9.80. The van der Waals surface area contributed by atoms with Crippen LogP contribution in [0.1, 0.15) is 0 Å². The van der Waals surface area contributed by atoms with Crippen LogP contribution in [-0.4, -0.2) is 54.2 Å². The molecule has 0 atom stereocenters. The molecule has 20 heavy (non-hydrogen) atoms. The number of carbonyl (C=O) groups is 1. The molecule has 1 aromatic heterocycles. The SMILES string of the molecule is COc1ccc(NC(=O)CSC(=S)N(C)C)c(OC)n1. The monoisotopic (exact) mass is 315 g/mol. The molecule has 0 fully saturated rings. The molecule has 0 bridgehead atoms. The molecule has 110 valence electrons. The average molecular weight is 315 g/mol. The van der Waals surface area contributed by atoms with Gasteiger partial charge in [0.15, 0.2) is 0 Å². The van der Waals surface area contributed by atoms with Gasteiger partial charge in [0.05, 0.1) is 20.0 Å². The van der Waals surface area contributed by atoms with Crippen LogP contribution < -0.4 is 14.8 Å². The summed E-state index contributed by atoms with van der Waals surface area (Å²) in [5, 5.41) is 2.73. The third kappa shape index (κ3) is 4.86. The minimum Gasteiger partial charge on any atom is -0.481 e. The second-order valence-electron chi connectivity index (χ2n) is 3.91. The lowest BCUT2D eigenvalue weighted by Crippen LogP contribution is -2.21. The van der Waals surface area contributed by atoms with Crippen molar-refractivity contribution in [3.63, 3.8) is 0 Å². The fourth-order valence-corrected chi connectivity index (χ4v) is 1.99. The van der Waals surface area contributed by atoms with Crippen molar-refractivity contribution in [1.29, 1.82) is 0 Å². The van der Waals surface area contributed by atoms with E-state index >= 15 is 0 Å². The number of ether oxygens (including phenoxy) is 2. The number of anilines is 1. The van der Waals surface area contributed by atoms with E-state index in [1.54, 1.807) is 17.0 Å². The summed E-state index contributed by atoms with van der Waals surface area (Å²) in [5.41, 5.74) is 0.495. The summed E-state index contributed by atoms with van der Waals surface area (Å²) in [5.74, 6) is 0.775. The summed E-state index contributed by atoms with van der Waals surface area (Å²) in [6.07, 6.45) is 0. The zero-order valence-corrected chi connectivity index (χ0v) is 13.4. The van der Waals surface area contributed by atoms with E-state index in [-0.39, 0.29) is 11.7 Å². The number of carbonyl (C=O) groups excluding carboxylic acids is 1. The van der Waals surface area contributed by atoms with E-state index in [1.807, 2.05) is 14.1 Å². The summed E-state index contributed by atoms with van der Waals surface area (Å²) < 4.78 is 10.8. The lowest BCUT2D eigenvalue weighted by atomic mass is 10.4. The third-order valence-electron chi connectivity index (χ3n) is 2.20. The third-order valence-corrected chi connectivity index (χ3v) is 3.94. The molecule has 0 aromatic carbocycles. The van der Waals surface area contributed by atoms with Crippen LogP contribution in [-0.2, 0) is 4.79 Å². The second kappa shape index (κ2) is 7.91. The standard InChI is InChI=1S/C12H17N3O3S2/c1-15(2)12(19)20-7-9(16)13-8-5-6-10(17-3)14-11(8)18-4/h5-6H,7H2,1-4H3,(H,13,16). The first-order valence-corrected chi connectivity index (χ1v) is 7.10. The van der Waals surface area contributed by atoms with Gasteiger partial charge in [-0.1, -0.05) is 24.0 Å². The molecule has 0 aliphatic rings. The zero-order chi connectivity index (χ0) is 15.1. The quantitative estimate of drug-likeness (QED) is 0.828. The Hall–Kier alpha value is -1.54. The van der Waals surface area contributed by atoms with Crippen LogP contribution in [0.3, 0.4) is 0 Å². The maximum absolute atomic E-state index is 11.8. The first kappa shape index (κ1) is 16.5. The van der Waals surface area contributed by atoms with Gasteiger partial charge < -0.3 is 19.7 Å². The predicted molar refractivity (Wildman–Crippen MR) is 84.7 cm³/mol. The maximum atomic E-state index is 11.8. The van der Waals surface area contributed by atoms with Crippen LogP contribution in [0.25, 0.3) is 0 Å². The summed E-state index contributed by atoms with van der Waals surface area (Å²) in [6, 6.07) is 3.33. The number of thiocarbonyl (C=S) groups is 1. The number of hydrogen-bond donors (Lipinski definition) is 1. The van der Waals surface area contributed by atoms with E-state index in [4.69, 9.17) is 21.7 Å². The number of hydrogen-bond acceptors (Lipinski definition) is 6. The highest BCUT2D eigenvalue weighted by Gasteiger charge is 2.11. The average Bonchev–Trinajstić information content (AvgIpc) is 2.44. The highest BCUT2D eigenvalue weighted by Crippen LogP contribution is 2.24. The van der Waals surface area contributed by atoms with E-state index in [1.165, 1.54) is 26.0 Å². The Kier molecular flexibility index (Phi) is 6.53. The number of aromatic nitrogens is 1. The first-order chi connectivity index (χ1) is 9.47. The van der Waals surface area contributed by atoms with Crippen LogP contribution in [0.4, 0.5) is 5.69 Å². The van der Waals surface area contributed by atoms with Gasteiger partial charge in [0, 0.05) is 20.2 Å². The van der Waals surface area contributed by atoms with E-state index in [2.05, 4.69) is 10.3 Å². The molecule has 8 heteroatoms. The number of thioether (sulfide) groups is 1. The molecule has 1 aromatic rings. The van der Waals surface area contributed by atoms with Crippen LogP contribution in [0, 0.1) is 0 Å². The number of rotatable bonds is 5. The van der Waals surface area contributed by atoms with E-state index in [9.17, 15) is 4.79 Å². The molecule has 0 saturated carbocycles. The van der Waals surface area contributed by atoms with Gasteiger partial charge >= 0.3 is 0 Å². The number of pyridine rings is 1. The number of methoxy groups -OCH3 is 2. The van der Waals surface area contributed by atoms with Gasteiger partial charge in [0.25, 0.3) is 0 Å². The predicted octanol–water partition coefficient (Wildman–Crippen LogP) is 1.62. The molecular formula is C12H17N3O3S2. The molecule has 1 rings (SSSR count). The van der Waals surface area contributed by atoms with Gasteiger partial charge in [-0.3, -0.25) is 4.79 Å². The fraction of sp³-hybridized carbons (Fsp3) is 0.417. The topological polar surface area (TPSA) is 63.7 Å². The van der Waals surface area contributed by atoms with Crippen molar-refractivity contribution in [2.75, 3.05) is 39.4 Å². The van der Waals surface area contributed by atoms with Crippen molar-refractivity contribution < 1.29 is 14.3 Å². The van der Waals surface area contributed by atoms with E-state index in [0.717, 1.165) is 0 Å². The first-order valence-electron chi connectivity index (χ1n) is 5.71. The highest BCUT2D eigenvalue weighted by atomic mass is 32.2. The van der Waals surface area contributed by atoms with Crippen molar-refractivity contribution in [2.45, 2.75) is 0 Å². The van der Waals surface area contributed by atoms with Crippen molar-refractivity contribution >= 4 is 39.9 Å². The Morgan fingerprint density at radius 2 is 2.10 bits per heavy atom. The summed E-state index contributed by atoms with van der Waals surface area (Å²) in [7, 11) is 6.67. The van der Waals surface area contributed by atoms with Crippen molar-refractivity contribution in [2.24, 2.45) is 0 Å². The summed E-state index contributed by atoms with van der Waals surface area (Å²) in [6.45, 7) is 0. The molecule has 6 nitrogen and oxygen atoms in total. The van der Waals surface area contributed by atoms with Gasteiger partial charge in [-0.15, -0.1) is 0 Å². The maximum Gasteiger partial charge on any atom is 0.240 e. The summed E-state index contributed by atoms with van der Waals surface area (Å²) >= 11 is 6.39. The molecule has 0 unspecified atom stereocenters. The molecule has 0 aliphatic heterocycles. The van der Waals surface area contributed by atoms with Crippen LogP contribution in [0.15, 0.2) is 12.1 Å². The summed E-state index contributed by atoms with van der Waals surface area (Å²) in [4.78, 5) is 17.7. The zero-order valence-electron chi connectivity index (χ0n) is 11.8. The smallest absolute Gasteiger partial charge is 0.240 e. The van der Waals surface area contributed by atoms with Gasteiger partial charge in [0.2, 0.25) is 17.7 Å². The fourth-order valence-electron chi connectivity index (χ4n) is 1.23. The minimum absolute atomic E-state index is 0.176. The minimum atomic E-state index is -0.176. The van der Waals surface area contributed by atoms with Crippen molar-refractivity contribution in [3.8, 4) is 11.8 Å². The number of nitrogens with one attached hydrogen (secondary N) is 1. The number of nitrogens with zero attached hydrogens (tertiary/aromatic N) is 2. The number of amides is 1. The Bertz CT molecular complexity index is 495. The molecule has 0 aliphatic carbocycles. The van der Waals surface area contributed by atoms with Gasteiger partial charge in [-0.05, 0) is 6.07 Å². The molecule has 0 saturated heterocycles. The molecule has 1 heterocycles. The molecule has 1 N–H and O–H groups in total. The Morgan fingerprint density at radius 3 is 2.65 bits per heavy atom. The Labute approximate surface area is 127 Å². The Morgan fingerprint density at radius 1 is 1.40 bits per heavy atom. The largest absolute Gasteiger partial charge is 0.481 e. The van der Waals surface area contributed by atoms with Crippen LogP contribution in [0.5, 0.6) is 11.8 Å². The molecule has 0 spiro atoms. The molecule has 1 amide bonds. The van der Waals surface area contributed by atoms with Gasteiger partial charge in [-0.2, -0.15) is 4.98 Å². The lowest BCUT2D eigenvalue weighted by Gasteiger charge is -2.13. The van der Waals surface area contributed by atoms with Crippen molar-refractivity contribution in [3.05, 3.63) is 12.1 Å². The van der Waals surface area contributed by atoms with Crippen molar-refractivity contribution in [1.82, 2.24) is 9.88 Å². The highest BCUT2D eigenvalue weighted by molar-refractivity contribution is 8.23. The van der Waals surface area contributed by atoms with Gasteiger partial charge in [0.1, 0.15) is 10.0 Å². The van der Waals surface area contributed by atoms with E-state index in [0.29, 0.717) is 21.8 Å².